The molecule has 3 rings (SSSR count). The van der Waals surface area contributed by atoms with Crippen LogP contribution in [0.25, 0.3) is 0 Å². The number of hydrogen-bond acceptors (Lipinski definition) is 5. The van der Waals surface area contributed by atoms with E-state index in [0.29, 0.717) is 12.3 Å². The van der Waals surface area contributed by atoms with Crippen LogP contribution in [0.15, 0.2) is 30.9 Å². The Morgan fingerprint density at radius 2 is 2.19 bits per heavy atom. The van der Waals surface area contributed by atoms with Crippen molar-refractivity contribution >= 4 is 11.7 Å². The number of amides is 1. The van der Waals surface area contributed by atoms with Gasteiger partial charge in [-0.1, -0.05) is 0 Å². The van der Waals surface area contributed by atoms with Crippen LogP contribution in [0, 0.1) is 5.92 Å². The third-order valence-corrected chi connectivity index (χ3v) is 5.00. The van der Waals surface area contributed by atoms with Crippen molar-refractivity contribution in [1.29, 1.82) is 0 Å². The summed E-state index contributed by atoms with van der Waals surface area (Å²) >= 11 is 0. The highest BCUT2D eigenvalue weighted by Gasteiger charge is 2.21. The summed E-state index contributed by atoms with van der Waals surface area (Å²) in [5, 5.41) is 7.17. The zero-order valence-electron chi connectivity index (χ0n) is 15.5. The van der Waals surface area contributed by atoms with E-state index in [1.807, 2.05) is 35.1 Å². The number of likely N-dealkylation sites (tertiary alicyclic amines) is 1. The Hall–Kier alpha value is -2.44. The molecule has 0 aromatic carbocycles. The van der Waals surface area contributed by atoms with Gasteiger partial charge in [0, 0.05) is 45.5 Å². The molecule has 2 aromatic heterocycles. The minimum absolute atomic E-state index is 0.274. The summed E-state index contributed by atoms with van der Waals surface area (Å²) in [5.41, 5.74) is 1.04. The van der Waals surface area contributed by atoms with Gasteiger partial charge in [-0.05, 0) is 44.1 Å². The molecule has 2 aromatic rings. The van der Waals surface area contributed by atoms with E-state index < -0.39 is 0 Å². The summed E-state index contributed by atoms with van der Waals surface area (Å²) in [6.07, 6.45) is 13.0. The van der Waals surface area contributed by atoms with Gasteiger partial charge in [0.05, 0.1) is 18.1 Å². The molecule has 0 unspecified atom stereocenters. The van der Waals surface area contributed by atoms with Gasteiger partial charge < -0.3 is 10.2 Å². The number of aromatic nitrogens is 4. The predicted octanol–water partition coefficient (Wildman–Crippen LogP) is 2.37. The first kappa shape index (κ1) is 18.4. The molecule has 0 bridgehead atoms. The van der Waals surface area contributed by atoms with Crippen molar-refractivity contribution in [2.75, 3.05) is 25.5 Å². The van der Waals surface area contributed by atoms with E-state index in [1.54, 1.807) is 12.4 Å². The van der Waals surface area contributed by atoms with Gasteiger partial charge in [0.25, 0.3) is 0 Å². The minimum atomic E-state index is 0.274. The third kappa shape index (κ3) is 5.28. The number of carbonyl (C=O) groups excluding carboxylic acids is 1. The van der Waals surface area contributed by atoms with Crippen molar-refractivity contribution in [3.05, 3.63) is 36.5 Å². The van der Waals surface area contributed by atoms with Crippen LogP contribution in [0.4, 0.5) is 5.82 Å². The highest BCUT2D eigenvalue weighted by atomic mass is 16.2. The normalized spacial score (nSPS) is 17.7. The van der Waals surface area contributed by atoms with Crippen LogP contribution in [0.3, 0.4) is 0 Å². The molecule has 0 spiro atoms. The third-order valence-electron chi connectivity index (χ3n) is 5.00. The smallest absolute Gasteiger partial charge is 0.222 e. The van der Waals surface area contributed by atoms with E-state index >= 15 is 0 Å². The number of hydrogen-bond donors (Lipinski definition) is 1. The molecule has 0 saturated carbocycles. The summed E-state index contributed by atoms with van der Waals surface area (Å²) in [6, 6.07) is 1.91. The Morgan fingerprint density at radius 3 is 2.92 bits per heavy atom. The second kappa shape index (κ2) is 9.31. The topological polar surface area (TPSA) is 75.9 Å². The van der Waals surface area contributed by atoms with Crippen molar-refractivity contribution in [3.8, 4) is 0 Å². The molecular weight excluding hydrogens is 328 g/mol. The largest absolute Gasteiger partial charge is 0.372 e. The van der Waals surface area contributed by atoms with Crippen LogP contribution in [0.2, 0.25) is 0 Å². The zero-order chi connectivity index (χ0) is 18.2. The Bertz CT molecular complexity index is 670. The summed E-state index contributed by atoms with van der Waals surface area (Å²) in [4.78, 5) is 23.3. The number of nitrogens with zero attached hydrogens (tertiary/aromatic N) is 5. The Balaban J connectivity index is 1.42. The van der Waals surface area contributed by atoms with Gasteiger partial charge in [0.15, 0.2) is 0 Å². The molecular formula is C19H28N6O. The van der Waals surface area contributed by atoms with Crippen molar-refractivity contribution in [2.45, 2.75) is 45.1 Å². The summed E-state index contributed by atoms with van der Waals surface area (Å²) in [6.45, 7) is 2.53. The van der Waals surface area contributed by atoms with E-state index in [-0.39, 0.29) is 5.91 Å². The number of nitrogens with one attached hydrogen (secondary N) is 1. The maximum Gasteiger partial charge on any atom is 0.222 e. The summed E-state index contributed by atoms with van der Waals surface area (Å²) < 4.78 is 1.88. The molecule has 7 nitrogen and oxygen atoms in total. The van der Waals surface area contributed by atoms with Crippen molar-refractivity contribution in [2.24, 2.45) is 5.92 Å². The second-order valence-electron chi connectivity index (χ2n) is 6.90. The molecule has 1 amide bonds. The quantitative estimate of drug-likeness (QED) is 0.824. The maximum atomic E-state index is 12.5. The van der Waals surface area contributed by atoms with E-state index in [2.05, 4.69) is 20.4 Å². The predicted molar refractivity (Wildman–Crippen MR) is 101 cm³/mol. The lowest BCUT2D eigenvalue weighted by Gasteiger charge is -2.20. The lowest BCUT2D eigenvalue weighted by molar-refractivity contribution is -0.131. The zero-order valence-corrected chi connectivity index (χ0v) is 15.5. The van der Waals surface area contributed by atoms with Gasteiger partial charge in [-0.25, -0.2) is 4.98 Å². The first-order chi connectivity index (χ1) is 12.7. The number of rotatable bonds is 7. The molecule has 1 atom stereocenters. The van der Waals surface area contributed by atoms with Gasteiger partial charge in [0.1, 0.15) is 5.82 Å². The van der Waals surface area contributed by atoms with Crippen LogP contribution in [0.5, 0.6) is 0 Å². The minimum Gasteiger partial charge on any atom is -0.372 e. The van der Waals surface area contributed by atoms with Crippen LogP contribution in [-0.2, 0) is 17.8 Å². The van der Waals surface area contributed by atoms with Crippen LogP contribution >= 0.6 is 0 Å². The van der Waals surface area contributed by atoms with Crippen LogP contribution in [0.1, 0.15) is 37.8 Å². The molecule has 140 valence electrons. The average Bonchev–Trinajstić information content (AvgIpc) is 3.07. The van der Waals surface area contributed by atoms with Crippen molar-refractivity contribution < 1.29 is 4.79 Å². The van der Waals surface area contributed by atoms with Gasteiger partial charge in [-0.2, -0.15) is 5.10 Å². The SMILES string of the molecule is CNc1cnc(C[C@H]2CCCN(C(=O)CCCn3cccn3)CC2)cn1. The lowest BCUT2D eigenvalue weighted by Crippen LogP contribution is -2.32. The second-order valence-corrected chi connectivity index (χ2v) is 6.90. The molecule has 1 aliphatic heterocycles. The van der Waals surface area contributed by atoms with E-state index in [1.165, 1.54) is 0 Å². The molecule has 0 radical (unpaired) electrons. The van der Waals surface area contributed by atoms with Gasteiger partial charge >= 0.3 is 0 Å². The Morgan fingerprint density at radius 1 is 1.27 bits per heavy atom. The molecule has 7 heteroatoms. The first-order valence-corrected chi connectivity index (χ1v) is 9.48. The van der Waals surface area contributed by atoms with E-state index in [9.17, 15) is 4.79 Å². The molecule has 1 fully saturated rings. The fourth-order valence-corrected chi connectivity index (χ4v) is 3.49. The van der Waals surface area contributed by atoms with E-state index in [0.717, 1.165) is 63.3 Å². The van der Waals surface area contributed by atoms with Gasteiger partial charge in [-0.3, -0.25) is 14.5 Å². The van der Waals surface area contributed by atoms with Crippen LogP contribution in [-0.4, -0.2) is 50.7 Å². The van der Waals surface area contributed by atoms with Gasteiger partial charge in [-0.15, -0.1) is 0 Å². The number of aryl methyl sites for hydroxylation is 1. The lowest BCUT2D eigenvalue weighted by atomic mass is 9.95. The fraction of sp³-hybridized carbons (Fsp3) is 0.579. The van der Waals surface area contributed by atoms with Crippen LogP contribution < -0.4 is 5.32 Å². The number of carbonyl (C=O) groups is 1. The monoisotopic (exact) mass is 356 g/mol. The van der Waals surface area contributed by atoms with Crippen molar-refractivity contribution in [1.82, 2.24) is 24.6 Å². The molecule has 26 heavy (non-hydrogen) atoms. The first-order valence-electron chi connectivity index (χ1n) is 9.48. The number of anilines is 1. The molecule has 0 aliphatic carbocycles. The van der Waals surface area contributed by atoms with Crippen molar-refractivity contribution in [3.63, 3.8) is 0 Å². The standard InChI is InChI=1S/C19H28N6O/c1-20-18-15-21-17(14-22-18)13-16-5-2-9-24(12-7-16)19(26)6-3-10-25-11-4-8-23-25/h4,8,11,14-16H,2-3,5-7,9-10,12-13H2,1H3,(H,20,22)/t16-/m0/s1. The molecule has 3 heterocycles. The summed E-state index contributed by atoms with van der Waals surface area (Å²) in [5.74, 6) is 1.64. The van der Waals surface area contributed by atoms with Gasteiger partial charge in [0.2, 0.25) is 5.91 Å². The Kier molecular flexibility index (Phi) is 6.57. The molecule has 1 N–H and O–H groups in total. The summed E-state index contributed by atoms with van der Waals surface area (Å²) in [7, 11) is 1.84. The highest BCUT2D eigenvalue weighted by Crippen LogP contribution is 2.22. The highest BCUT2D eigenvalue weighted by molar-refractivity contribution is 5.76. The Labute approximate surface area is 154 Å². The van der Waals surface area contributed by atoms with E-state index in [4.69, 9.17) is 0 Å². The maximum absolute atomic E-state index is 12.5. The molecule has 1 saturated heterocycles. The average molecular weight is 356 g/mol. The fourth-order valence-electron chi connectivity index (χ4n) is 3.49. The molecule has 1 aliphatic rings.